The van der Waals surface area contributed by atoms with E-state index < -0.39 is 0 Å². The van der Waals surface area contributed by atoms with Crippen molar-refractivity contribution in [2.45, 2.75) is 6.42 Å². The molecule has 0 unspecified atom stereocenters. The highest BCUT2D eigenvalue weighted by Gasteiger charge is 2.03. The van der Waals surface area contributed by atoms with Gasteiger partial charge in [0.05, 0.1) is 12.2 Å². The Hall–Kier alpha value is -2.33. The molecular formula is C18H21NO3. The SMILES string of the molecule is CN(C)CCCOc1ccc(Oc2ccccc2C=O)cc1. The minimum Gasteiger partial charge on any atom is -0.494 e. The van der Waals surface area contributed by atoms with E-state index in [1.54, 1.807) is 18.2 Å². The Labute approximate surface area is 131 Å². The van der Waals surface area contributed by atoms with E-state index in [2.05, 4.69) is 4.90 Å². The van der Waals surface area contributed by atoms with Gasteiger partial charge in [-0.3, -0.25) is 4.79 Å². The van der Waals surface area contributed by atoms with Crippen LogP contribution in [0.5, 0.6) is 17.2 Å². The minimum absolute atomic E-state index is 0.534. The van der Waals surface area contributed by atoms with Gasteiger partial charge in [0.15, 0.2) is 6.29 Å². The van der Waals surface area contributed by atoms with E-state index in [4.69, 9.17) is 9.47 Å². The molecule has 0 N–H and O–H groups in total. The summed E-state index contributed by atoms with van der Waals surface area (Å²) >= 11 is 0. The zero-order valence-corrected chi connectivity index (χ0v) is 13.0. The molecular weight excluding hydrogens is 278 g/mol. The summed E-state index contributed by atoms with van der Waals surface area (Å²) < 4.78 is 11.4. The van der Waals surface area contributed by atoms with E-state index in [1.165, 1.54) is 0 Å². The van der Waals surface area contributed by atoms with Gasteiger partial charge in [0.25, 0.3) is 0 Å². The minimum atomic E-state index is 0.534. The van der Waals surface area contributed by atoms with Gasteiger partial charge >= 0.3 is 0 Å². The fraction of sp³-hybridized carbons (Fsp3) is 0.278. The molecule has 0 aromatic heterocycles. The quantitative estimate of drug-likeness (QED) is 0.551. The molecule has 0 saturated heterocycles. The number of benzene rings is 2. The average molecular weight is 299 g/mol. The summed E-state index contributed by atoms with van der Waals surface area (Å²) in [5, 5.41) is 0. The second-order valence-electron chi connectivity index (χ2n) is 5.23. The van der Waals surface area contributed by atoms with Crippen LogP contribution in [-0.2, 0) is 0 Å². The summed E-state index contributed by atoms with van der Waals surface area (Å²) in [6, 6.07) is 14.6. The van der Waals surface area contributed by atoms with Crippen LogP contribution in [0.2, 0.25) is 0 Å². The third-order valence-corrected chi connectivity index (χ3v) is 3.12. The molecule has 0 heterocycles. The second kappa shape index (κ2) is 8.20. The number of nitrogens with zero attached hydrogens (tertiary/aromatic N) is 1. The van der Waals surface area contributed by atoms with Gasteiger partial charge in [-0.2, -0.15) is 0 Å². The zero-order chi connectivity index (χ0) is 15.8. The molecule has 0 aliphatic rings. The van der Waals surface area contributed by atoms with Crippen molar-refractivity contribution in [3.63, 3.8) is 0 Å². The Bertz CT molecular complexity index is 594. The van der Waals surface area contributed by atoms with Crippen LogP contribution in [0.1, 0.15) is 16.8 Å². The molecule has 22 heavy (non-hydrogen) atoms. The molecule has 0 aliphatic carbocycles. The van der Waals surface area contributed by atoms with Gasteiger partial charge in [-0.25, -0.2) is 0 Å². The first-order valence-electron chi connectivity index (χ1n) is 7.28. The number of para-hydroxylation sites is 1. The normalized spacial score (nSPS) is 10.5. The van der Waals surface area contributed by atoms with Crippen LogP contribution < -0.4 is 9.47 Å². The van der Waals surface area contributed by atoms with Crippen molar-refractivity contribution >= 4 is 6.29 Å². The van der Waals surface area contributed by atoms with Crippen LogP contribution in [0.3, 0.4) is 0 Å². The van der Waals surface area contributed by atoms with Crippen LogP contribution >= 0.6 is 0 Å². The van der Waals surface area contributed by atoms with E-state index in [-0.39, 0.29) is 0 Å². The van der Waals surface area contributed by atoms with E-state index in [1.807, 2.05) is 44.4 Å². The fourth-order valence-electron chi connectivity index (χ4n) is 1.97. The maximum Gasteiger partial charge on any atom is 0.153 e. The standard InChI is InChI=1S/C18H21NO3/c1-19(2)12-5-13-21-16-8-10-17(11-9-16)22-18-7-4-3-6-15(18)14-20/h3-4,6-11,14H,5,12-13H2,1-2H3. The molecule has 0 amide bonds. The number of hydrogen-bond donors (Lipinski definition) is 0. The number of carbonyl (C=O) groups excluding carboxylic acids is 1. The van der Waals surface area contributed by atoms with Crippen molar-refractivity contribution in [3.8, 4) is 17.2 Å². The van der Waals surface area contributed by atoms with Crippen LogP contribution in [0.15, 0.2) is 48.5 Å². The summed E-state index contributed by atoms with van der Waals surface area (Å²) in [6.07, 6.45) is 1.77. The summed E-state index contributed by atoms with van der Waals surface area (Å²) in [6.45, 7) is 1.69. The predicted molar refractivity (Wildman–Crippen MR) is 87.0 cm³/mol. The van der Waals surface area contributed by atoms with Crippen LogP contribution in [-0.4, -0.2) is 38.4 Å². The highest BCUT2D eigenvalue weighted by Crippen LogP contribution is 2.26. The first-order chi connectivity index (χ1) is 10.7. The van der Waals surface area contributed by atoms with Gasteiger partial charge in [0.1, 0.15) is 17.2 Å². The van der Waals surface area contributed by atoms with E-state index in [0.29, 0.717) is 23.7 Å². The van der Waals surface area contributed by atoms with Crippen molar-refractivity contribution in [2.24, 2.45) is 0 Å². The van der Waals surface area contributed by atoms with E-state index in [9.17, 15) is 4.79 Å². The number of aldehydes is 1. The number of ether oxygens (including phenoxy) is 2. The lowest BCUT2D eigenvalue weighted by atomic mass is 10.2. The van der Waals surface area contributed by atoms with Crippen LogP contribution in [0, 0.1) is 0 Å². The Kier molecular flexibility index (Phi) is 5.98. The molecule has 0 aliphatic heterocycles. The fourth-order valence-corrected chi connectivity index (χ4v) is 1.97. The summed E-state index contributed by atoms with van der Waals surface area (Å²) in [5.41, 5.74) is 0.534. The molecule has 116 valence electrons. The Morgan fingerprint density at radius 2 is 1.68 bits per heavy atom. The Morgan fingerprint density at radius 3 is 2.36 bits per heavy atom. The predicted octanol–water partition coefficient (Wildman–Crippen LogP) is 3.62. The lowest BCUT2D eigenvalue weighted by Gasteiger charge is -2.11. The van der Waals surface area contributed by atoms with Crippen molar-refractivity contribution in [3.05, 3.63) is 54.1 Å². The van der Waals surface area contributed by atoms with Gasteiger partial charge in [-0.1, -0.05) is 12.1 Å². The number of rotatable bonds is 8. The summed E-state index contributed by atoms with van der Waals surface area (Å²) in [4.78, 5) is 13.1. The lowest BCUT2D eigenvalue weighted by Crippen LogP contribution is -2.15. The third-order valence-electron chi connectivity index (χ3n) is 3.12. The van der Waals surface area contributed by atoms with Gasteiger partial charge < -0.3 is 14.4 Å². The molecule has 2 aromatic carbocycles. The lowest BCUT2D eigenvalue weighted by molar-refractivity contribution is 0.112. The van der Waals surface area contributed by atoms with Crippen LogP contribution in [0.25, 0.3) is 0 Å². The smallest absolute Gasteiger partial charge is 0.153 e. The monoisotopic (exact) mass is 299 g/mol. The first-order valence-corrected chi connectivity index (χ1v) is 7.28. The Morgan fingerprint density at radius 1 is 1.00 bits per heavy atom. The molecule has 0 spiro atoms. The molecule has 0 radical (unpaired) electrons. The van der Waals surface area contributed by atoms with Crippen LogP contribution in [0.4, 0.5) is 0 Å². The summed E-state index contributed by atoms with van der Waals surface area (Å²) in [7, 11) is 4.09. The zero-order valence-electron chi connectivity index (χ0n) is 13.0. The maximum absolute atomic E-state index is 11.0. The second-order valence-corrected chi connectivity index (χ2v) is 5.23. The van der Waals surface area contributed by atoms with E-state index in [0.717, 1.165) is 25.0 Å². The topological polar surface area (TPSA) is 38.8 Å². The van der Waals surface area contributed by atoms with E-state index >= 15 is 0 Å². The molecule has 2 aromatic rings. The molecule has 0 atom stereocenters. The average Bonchev–Trinajstić information content (AvgIpc) is 2.53. The summed E-state index contributed by atoms with van der Waals surface area (Å²) in [5.74, 6) is 2.04. The molecule has 4 heteroatoms. The number of carbonyl (C=O) groups is 1. The molecule has 0 fully saturated rings. The third kappa shape index (κ3) is 4.90. The van der Waals surface area contributed by atoms with Gasteiger partial charge in [0, 0.05) is 6.54 Å². The highest BCUT2D eigenvalue weighted by atomic mass is 16.5. The van der Waals surface area contributed by atoms with Gasteiger partial charge in [-0.15, -0.1) is 0 Å². The molecule has 0 saturated carbocycles. The first kappa shape index (κ1) is 16.0. The molecule has 2 rings (SSSR count). The van der Waals surface area contributed by atoms with Gasteiger partial charge in [-0.05, 0) is 56.9 Å². The van der Waals surface area contributed by atoms with Crippen molar-refractivity contribution in [1.82, 2.24) is 4.90 Å². The highest BCUT2D eigenvalue weighted by molar-refractivity contribution is 5.79. The van der Waals surface area contributed by atoms with Crippen molar-refractivity contribution in [1.29, 1.82) is 0 Å². The molecule has 0 bridgehead atoms. The van der Waals surface area contributed by atoms with Gasteiger partial charge in [0.2, 0.25) is 0 Å². The van der Waals surface area contributed by atoms with Crippen molar-refractivity contribution < 1.29 is 14.3 Å². The largest absolute Gasteiger partial charge is 0.494 e. The maximum atomic E-state index is 11.0. The molecule has 4 nitrogen and oxygen atoms in total. The Balaban J connectivity index is 1.90. The van der Waals surface area contributed by atoms with Crippen molar-refractivity contribution in [2.75, 3.05) is 27.2 Å². The number of hydrogen-bond acceptors (Lipinski definition) is 4.